The molecule has 1 aliphatic rings. The van der Waals surface area contributed by atoms with Crippen molar-refractivity contribution in [2.75, 3.05) is 0 Å². The second-order valence-corrected chi connectivity index (χ2v) is 8.19. The number of unbranched alkanes of at least 4 members (excludes halogenated alkanes) is 5. The SMILES string of the molecule is CCCCCCCCC1CCCC(C(N)=O)C1.Oc1cccc2ccccc12. The Hall–Kier alpha value is -2.03. The van der Waals surface area contributed by atoms with Crippen LogP contribution in [0.15, 0.2) is 42.5 Å². The number of hydrogen-bond acceptors (Lipinski definition) is 2. The van der Waals surface area contributed by atoms with E-state index in [4.69, 9.17) is 5.73 Å². The highest BCUT2D eigenvalue weighted by molar-refractivity contribution is 5.87. The first-order valence-electron chi connectivity index (χ1n) is 11.1. The number of primary amides is 1. The van der Waals surface area contributed by atoms with Crippen LogP contribution < -0.4 is 5.73 Å². The molecule has 0 heterocycles. The lowest BCUT2D eigenvalue weighted by Crippen LogP contribution is -2.28. The van der Waals surface area contributed by atoms with Crippen molar-refractivity contribution in [3.05, 3.63) is 42.5 Å². The molecule has 2 atom stereocenters. The van der Waals surface area contributed by atoms with Crippen LogP contribution in [0.5, 0.6) is 5.75 Å². The first-order valence-corrected chi connectivity index (χ1v) is 11.1. The van der Waals surface area contributed by atoms with Gasteiger partial charge in [0.25, 0.3) is 0 Å². The Balaban J connectivity index is 0.000000218. The van der Waals surface area contributed by atoms with Crippen molar-refractivity contribution in [3.8, 4) is 5.75 Å². The summed E-state index contributed by atoms with van der Waals surface area (Å²) in [6.45, 7) is 2.26. The van der Waals surface area contributed by atoms with E-state index in [1.165, 1.54) is 57.8 Å². The van der Waals surface area contributed by atoms with Gasteiger partial charge in [-0.3, -0.25) is 4.79 Å². The van der Waals surface area contributed by atoms with Crippen molar-refractivity contribution in [2.45, 2.75) is 77.6 Å². The van der Waals surface area contributed by atoms with Gasteiger partial charge < -0.3 is 10.8 Å². The number of carbonyl (C=O) groups excluding carboxylic acids is 1. The van der Waals surface area contributed by atoms with E-state index in [9.17, 15) is 9.90 Å². The quantitative estimate of drug-likeness (QED) is 0.506. The molecule has 2 unspecified atom stereocenters. The summed E-state index contributed by atoms with van der Waals surface area (Å²) >= 11 is 0. The number of fused-ring (bicyclic) bond motifs is 1. The lowest BCUT2D eigenvalue weighted by atomic mass is 9.79. The summed E-state index contributed by atoms with van der Waals surface area (Å²) in [5, 5.41) is 11.4. The summed E-state index contributed by atoms with van der Waals surface area (Å²) < 4.78 is 0. The zero-order chi connectivity index (χ0) is 20.2. The first kappa shape index (κ1) is 22.3. The van der Waals surface area contributed by atoms with Crippen LogP contribution in [0, 0.1) is 11.8 Å². The Morgan fingerprint density at radius 1 is 1.00 bits per heavy atom. The molecule has 3 nitrogen and oxygen atoms in total. The zero-order valence-corrected chi connectivity index (χ0v) is 17.4. The number of aromatic hydroxyl groups is 1. The average molecular weight is 384 g/mol. The minimum absolute atomic E-state index is 0.0716. The molecular formula is C25H37NO2. The minimum Gasteiger partial charge on any atom is -0.507 e. The van der Waals surface area contributed by atoms with Crippen LogP contribution in [0.2, 0.25) is 0 Å². The highest BCUT2D eigenvalue weighted by Gasteiger charge is 2.24. The molecule has 3 heteroatoms. The number of benzene rings is 2. The van der Waals surface area contributed by atoms with Crippen LogP contribution in [-0.4, -0.2) is 11.0 Å². The maximum Gasteiger partial charge on any atom is 0.220 e. The Kier molecular flexibility index (Phi) is 9.88. The zero-order valence-electron chi connectivity index (χ0n) is 17.4. The van der Waals surface area contributed by atoms with Gasteiger partial charge in [0.1, 0.15) is 5.75 Å². The summed E-state index contributed by atoms with van der Waals surface area (Å²) in [6.07, 6.45) is 14.1. The number of phenolic OH excluding ortho intramolecular Hbond substituents is 1. The van der Waals surface area contributed by atoms with Gasteiger partial charge in [0.15, 0.2) is 0 Å². The third kappa shape index (κ3) is 7.53. The molecule has 1 saturated carbocycles. The summed E-state index contributed by atoms with van der Waals surface area (Å²) in [5.41, 5.74) is 5.40. The minimum atomic E-state index is -0.0716. The van der Waals surface area contributed by atoms with E-state index >= 15 is 0 Å². The molecule has 154 valence electrons. The van der Waals surface area contributed by atoms with E-state index < -0.39 is 0 Å². The largest absolute Gasteiger partial charge is 0.507 e. The smallest absolute Gasteiger partial charge is 0.220 e. The monoisotopic (exact) mass is 383 g/mol. The van der Waals surface area contributed by atoms with Crippen LogP contribution >= 0.6 is 0 Å². The van der Waals surface area contributed by atoms with Crippen LogP contribution in [0.3, 0.4) is 0 Å². The fraction of sp³-hybridized carbons (Fsp3) is 0.560. The van der Waals surface area contributed by atoms with Crippen molar-refractivity contribution in [1.29, 1.82) is 0 Å². The van der Waals surface area contributed by atoms with Gasteiger partial charge in [-0.25, -0.2) is 0 Å². The normalized spacial score (nSPS) is 19.0. The van der Waals surface area contributed by atoms with Crippen molar-refractivity contribution < 1.29 is 9.90 Å². The highest BCUT2D eigenvalue weighted by atomic mass is 16.3. The second kappa shape index (κ2) is 12.4. The van der Waals surface area contributed by atoms with Gasteiger partial charge in [-0.05, 0) is 30.2 Å². The van der Waals surface area contributed by atoms with Gasteiger partial charge in [0, 0.05) is 11.3 Å². The highest BCUT2D eigenvalue weighted by Crippen LogP contribution is 2.32. The first-order chi connectivity index (χ1) is 13.6. The Labute approximate surface area is 170 Å². The molecule has 1 fully saturated rings. The molecule has 0 bridgehead atoms. The molecule has 28 heavy (non-hydrogen) atoms. The van der Waals surface area contributed by atoms with E-state index in [0.29, 0.717) is 5.75 Å². The number of hydrogen-bond donors (Lipinski definition) is 2. The van der Waals surface area contributed by atoms with Crippen LogP contribution in [0.1, 0.15) is 77.6 Å². The van der Waals surface area contributed by atoms with Gasteiger partial charge in [0.2, 0.25) is 5.91 Å². The number of carbonyl (C=O) groups is 1. The molecule has 2 aromatic rings. The maximum atomic E-state index is 11.2. The number of rotatable bonds is 8. The fourth-order valence-corrected chi connectivity index (χ4v) is 4.23. The molecular weight excluding hydrogens is 346 g/mol. The average Bonchev–Trinajstić information content (AvgIpc) is 2.72. The Bertz CT molecular complexity index is 707. The lowest BCUT2D eigenvalue weighted by Gasteiger charge is -2.27. The van der Waals surface area contributed by atoms with E-state index in [1.807, 2.05) is 36.4 Å². The summed E-state index contributed by atoms with van der Waals surface area (Å²) in [6, 6.07) is 13.3. The molecule has 1 aliphatic carbocycles. The molecule has 3 rings (SSSR count). The molecule has 2 aromatic carbocycles. The van der Waals surface area contributed by atoms with Crippen molar-refractivity contribution in [3.63, 3.8) is 0 Å². The molecule has 0 aromatic heterocycles. The van der Waals surface area contributed by atoms with E-state index in [2.05, 4.69) is 6.92 Å². The van der Waals surface area contributed by atoms with Crippen LogP contribution in [0.4, 0.5) is 0 Å². The number of nitrogens with two attached hydrogens (primary N) is 1. The summed E-state index contributed by atoms with van der Waals surface area (Å²) in [7, 11) is 0. The van der Waals surface area contributed by atoms with Crippen LogP contribution in [-0.2, 0) is 4.79 Å². The molecule has 0 spiro atoms. The fourth-order valence-electron chi connectivity index (χ4n) is 4.23. The Morgan fingerprint density at radius 2 is 1.71 bits per heavy atom. The maximum absolute atomic E-state index is 11.2. The topological polar surface area (TPSA) is 63.3 Å². The van der Waals surface area contributed by atoms with Gasteiger partial charge in [-0.2, -0.15) is 0 Å². The lowest BCUT2D eigenvalue weighted by molar-refractivity contribution is -0.123. The number of amides is 1. The molecule has 0 radical (unpaired) electrons. The predicted molar refractivity (Wildman–Crippen MR) is 118 cm³/mol. The van der Waals surface area contributed by atoms with Crippen molar-refractivity contribution >= 4 is 16.7 Å². The van der Waals surface area contributed by atoms with Gasteiger partial charge >= 0.3 is 0 Å². The molecule has 1 amide bonds. The Morgan fingerprint density at radius 3 is 2.46 bits per heavy atom. The molecule has 0 saturated heterocycles. The standard InChI is InChI=1S/C15H29NO.C10H8O/c1-2-3-4-5-6-7-9-13-10-8-11-14(12-13)15(16)17;11-10-7-3-5-8-4-1-2-6-9(8)10/h13-14H,2-12H2,1H3,(H2,16,17);1-7,11H. The third-order valence-corrected chi connectivity index (χ3v) is 5.92. The van der Waals surface area contributed by atoms with Crippen molar-refractivity contribution in [1.82, 2.24) is 0 Å². The van der Waals surface area contributed by atoms with Crippen molar-refractivity contribution in [2.24, 2.45) is 17.6 Å². The predicted octanol–water partition coefficient (Wildman–Crippen LogP) is 6.57. The van der Waals surface area contributed by atoms with Gasteiger partial charge in [0.05, 0.1) is 0 Å². The van der Waals surface area contributed by atoms with Crippen LogP contribution in [0.25, 0.3) is 10.8 Å². The summed E-state index contributed by atoms with van der Waals surface area (Å²) in [4.78, 5) is 11.2. The van der Waals surface area contributed by atoms with E-state index in [0.717, 1.165) is 29.5 Å². The third-order valence-electron chi connectivity index (χ3n) is 5.92. The summed E-state index contributed by atoms with van der Waals surface area (Å²) in [5.74, 6) is 1.22. The molecule has 0 aliphatic heterocycles. The van der Waals surface area contributed by atoms with Gasteiger partial charge in [-0.15, -0.1) is 0 Å². The van der Waals surface area contributed by atoms with Gasteiger partial charge in [-0.1, -0.05) is 101 Å². The number of phenols is 1. The second-order valence-electron chi connectivity index (χ2n) is 8.19. The van der Waals surface area contributed by atoms with E-state index in [-0.39, 0.29) is 11.8 Å². The molecule has 3 N–H and O–H groups in total. The van der Waals surface area contributed by atoms with E-state index in [1.54, 1.807) is 6.07 Å².